The monoisotopic (exact) mass is 363 g/mol. The second-order valence-corrected chi connectivity index (χ2v) is 6.69. The van der Waals surface area contributed by atoms with E-state index in [0.717, 1.165) is 32.5 Å². The third-order valence-electron chi connectivity index (χ3n) is 3.44. The zero-order chi connectivity index (χ0) is 17.9. The molecular weight excluding hydrogens is 338 g/mol. The average molecular weight is 363 g/mol. The van der Waals surface area contributed by atoms with Crippen LogP contribution in [-0.4, -0.2) is 65.5 Å². The summed E-state index contributed by atoms with van der Waals surface area (Å²) in [6, 6.07) is 4.16. The van der Waals surface area contributed by atoms with Crippen LogP contribution < -0.4 is 10.6 Å². The van der Waals surface area contributed by atoms with E-state index < -0.39 is 0 Å². The van der Waals surface area contributed by atoms with Gasteiger partial charge in [-0.3, -0.25) is 9.48 Å². The fraction of sp³-hybridized carbons (Fsp3) is 0.500. The van der Waals surface area contributed by atoms with Gasteiger partial charge in [-0.15, -0.1) is 16.4 Å². The predicted molar refractivity (Wildman–Crippen MR) is 99.7 cm³/mol. The second kappa shape index (κ2) is 10.4. The Hall–Kier alpha value is -2.42. The van der Waals surface area contributed by atoms with Gasteiger partial charge in [0.15, 0.2) is 5.96 Å². The maximum Gasteiger partial charge on any atom is 0.243 e. The lowest BCUT2D eigenvalue weighted by atomic mass is 10.3. The lowest BCUT2D eigenvalue weighted by Crippen LogP contribution is -2.40. The van der Waals surface area contributed by atoms with Gasteiger partial charge >= 0.3 is 0 Å². The number of aromatic nitrogens is 3. The van der Waals surface area contributed by atoms with Crippen molar-refractivity contribution in [3.05, 3.63) is 34.8 Å². The smallest absolute Gasteiger partial charge is 0.243 e. The highest BCUT2D eigenvalue weighted by Crippen LogP contribution is 2.07. The molecule has 2 aromatic rings. The zero-order valence-electron chi connectivity index (χ0n) is 14.7. The SMILES string of the molecule is CN(C)C(=O)CN=C(NCCCn1ccnn1)NCCc1cccs1. The first-order valence-corrected chi connectivity index (χ1v) is 9.12. The van der Waals surface area contributed by atoms with E-state index in [2.05, 4.69) is 37.4 Å². The zero-order valence-corrected chi connectivity index (χ0v) is 15.5. The minimum Gasteiger partial charge on any atom is -0.356 e. The van der Waals surface area contributed by atoms with Gasteiger partial charge in [0.25, 0.3) is 0 Å². The average Bonchev–Trinajstić information content (AvgIpc) is 3.29. The van der Waals surface area contributed by atoms with E-state index in [1.807, 2.05) is 12.3 Å². The van der Waals surface area contributed by atoms with E-state index in [-0.39, 0.29) is 12.5 Å². The van der Waals surface area contributed by atoms with Gasteiger partial charge < -0.3 is 15.5 Å². The predicted octanol–water partition coefficient (Wildman–Crippen LogP) is 0.596. The molecule has 8 nitrogen and oxygen atoms in total. The van der Waals surface area contributed by atoms with Crippen LogP contribution in [0.25, 0.3) is 0 Å². The molecule has 2 N–H and O–H groups in total. The van der Waals surface area contributed by atoms with Crippen molar-refractivity contribution in [3.63, 3.8) is 0 Å². The molecule has 2 aromatic heterocycles. The van der Waals surface area contributed by atoms with E-state index in [4.69, 9.17) is 0 Å². The van der Waals surface area contributed by atoms with Gasteiger partial charge in [0.05, 0.1) is 6.20 Å². The Morgan fingerprint density at radius 1 is 1.36 bits per heavy atom. The number of rotatable bonds is 9. The molecule has 25 heavy (non-hydrogen) atoms. The molecule has 0 spiro atoms. The highest BCUT2D eigenvalue weighted by atomic mass is 32.1. The number of likely N-dealkylation sites (N-methyl/N-ethyl adjacent to an activating group) is 1. The lowest BCUT2D eigenvalue weighted by molar-refractivity contribution is -0.127. The molecule has 9 heteroatoms. The summed E-state index contributed by atoms with van der Waals surface area (Å²) < 4.78 is 1.79. The lowest BCUT2D eigenvalue weighted by Gasteiger charge is -2.13. The highest BCUT2D eigenvalue weighted by Gasteiger charge is 2.05. The van der Waals surface area contributed by atoms with Crippen LogP contribution in [0.3, 0.4) is 0 Å². The third-order valence-corrected chi connectivity index (χ3v) is 4.38. The first-order valence-electron chi connectivity index (χ1n) is 8.24. The van der Waals surface area contributed by atoms with Crippen molar-refractivity contribution in [1.29, 1.82) is 0 Å². The molecule has 0 saturated carbocycles. The minimum absolute atomic E-state index is 0.0260. The number of nitrogens with zero attached hydrogens (tertiary/aromatic N) is 5. The van der Waals surface area contributed by atoms with Gasteiger partial charge in [-0.05, 0) is 24.3 Å². The first-order chi connectivity index (χ1) is 12.1. The Morgan fingerprint density at radius 3 is 2.88 bits per heavy atom. The Balaban J connectivity index is 1.77. The summed E-state index contributed by atoms with van der Waals surface area (Å²) in [5.41, 5.74) is 0. The number of carbonyl (C=O) groups excluding carboxylic acids is 1. The van der Waals surface area contributed by atoms with Crippen LogP contribution in [0.5, 0.6) is 0 Å². The molecule has 0 bridgehead atoms. The van der Waals surface area contributed by atoms with Crippen molar-refractivity contribution in [2.45, 2.75) is 19.4 Å². The summed E-state index contributed by atoms with van der Waals surface area (Å²) in [5.74, 6) is 0.632. The van der Waals surface area contributed by atoms with Crippen LogP contribution >= 0.6 is 11.3 Å². The summed E-state index contributed by atoms with van der Waals surface area (Å²) >= 11 is 1.74. The summed E-state index contributed by atoms with van der Waals surface area (Å²) in [5, 5.41) is 16.3. The summed E-state index contributed by atoms with van der Waals surface area (Å²) in [6.07, 6.45) is 5.32. The molecule has 0 atom stereocenters. The molecule has 0 saturated heterocycles. The van der Waals surface area contributed by atoms with E-state index in [0.29, 0.717) is 5.96 Å². The highest BCUT2D eigenvalue weighted by molar-refractivity contribution is 7.09. The Kier molecular flexibility index (Phi) is 7.90. The third kappa shape index (κ3) is 7.34. The van der Waals surface area contributed by atoms with E-state index in [1.165, 1.54) is 9.78 Å². The molecule has 0 aliphatic heterocycles. The maximum absolute atomic E-state index is 11.7. The molecular formula is C16H25N7OS. The summed E-state index contributed by atoms with van der Waals surface area (Å²) in [4.78, 5) is 19.0. The number of hydrogen-bond acceptors (Lipinski definition) is 5. The largest absolute Gasteiger partial charge is 0.356 e. The molecule has 0 aliphatic carbocycles. The second-order valence-electron chi connectivity index (χ2n) is 5.66. The fourth-order valence-electron chi connectivity index (χ4n) is 2.02. The Morgan fingerprint density at radius 2 is 2.20 bits per heavy atom. The van der Waals surface area contributed by atoms with Crippen LogP contribution in [0.4, 0.5) is 0 Å². The molecule has 0 aromatic carbocycles. The quantitative estimate of drug-likeness (QED) is 0.387. The van der Waals surface area contributed by atoms with E-state index in [1.54, 1.807) is 36.3 Å². The Labute approximate surface area is 151 Å². The number of amides is 1. The van der Waals surface area contributed by atoms with Gasteiger partial charge in [0.2, 0.25) is 5.91 Å². The molecule has 2 rings (SSSR count). The van der Waals surface area contributed by atoms with Crippen LogP contribution in [0.2, 0.25) is 0 Å². The van der Waals surface area contributed by atoms with Crippen LogP contribution in [0, 0.1) is 0 Å². The first kappa shape index (κ1) is 18.9. The standard InChI is InChI=1S/C16H25N7OS/c1-22(2)15(24)13-19-16(18-8-6-14-5-3-12-25-14)17-7-4-10-23-11-9-20-21-23/h3,5,9,11-12H,4,6-8,10,13H2,1-2H3,(H2,17,18,19). The summed E-state index contributed by atoms with van der Waals surface area (Å²) in [7, 11) is 3.46. The van der Waals surface area contributed by atoms with Crippen molar-refractivity contribution < 1.29 is 4.79 Å². The van der Waals surface area contributed by atoms with Gasteiger partial charge in [-0.2, -0.15) is 0 Å². The summed E-state index contributed by atoms with van der Waals surface area (Å²) in [6.45, 7) is 2.42. The normalized spacial score (nSPS) is 11.4. The number of guanidine groups is 1. The number of carbonyl (C=O) groups is 1. The Bertz CT molecular complexity index is 638. The van der Waals surface area contributed by atoms with Gasteiger partial charge in [0, 0.05) is 44.8 Å². The van der Waals surface area contributed by atoms with Crippen molar-refractivity contribution in [3.8, 4) is 0 Å². The molecule has 0 aliphatic rings. The number of nitrogens with one attached hydrogen (secondary N) is 2. The molecule has 136 valence electrons. The van der Waals surface area contributed by atoms with Crippen molar-refractivity contribution in [2.75, 3.05) is 33.7 Å². The van der Waals surface area contributed by atoms with Gasteiger partial charge in [-0.1, -0.05) is 11.3 Å². The minimum atomic E-state index is -0.0260. The molecule has 0 fully saturated rings. The van der Waals surface area contributed by atoms with Crippen molar-refractivity contribution in [1.82, 2.24) is 30.5 Å². The number of aryl methyl sites for hydroxylation is 1. The molecule has 2 heterocycles. The molecule has 1 amide bonds. The fourth-order valence-corrected chi connectivity index (χ4v) is 2.73. The van der Waals surface area contributed by atoms with Gasteiger partial charge in [0.1, 0.15) is 6.54 Å². The number of thiophene rings is 1. The van der Waals surface area contributed by atoms with Crippen LogP contribution in [0.15, 0.2) is 34.9 Å². The van der Waals surface area contributed by atoms with E-state index in [9.17, 15) is 4.79 Å². The number of aliphatic imine (C=N–C) groups is 1. The topological polar surface area (TPSA) is 87.4 Å². The van der Waals surface area contributed by atoms with E-state index >= 15 is 0 Å². The maximum atomic E-state index is 11.7. The van der Waals surface area contributed by atoms with Gasteiger partial charge in [-0.25, -0.2) is 4.99 Å². The van der Waals surface area contributed by atoms with Crippen molar-refractivity contribution >= 4 is 23.2 Å². The molecule has 0 radical (unpaired) electrons. The van der Waals surface area contributed by atoms with Crippen molar-refractivity contribution in [2.24, 2.45) is 4.99 Å². The van der Waals surface area contributed by atoms with Crippen LogP contribution in [0.1, 0.15) is 11.3 Å². The molecule has 0 unspecified atom stereocenters. The van der Waals surface area contributed by atoms with Crippen LogP contribution in [-0.2, 0) is 17.8 Å². The number of hydrogen-bond donors (Lipinski definition) is 2.